The first-order chi connectivity index (χ1) is 11.5. The molecule has 126 valence electrons. The van der Waals surface area contributed by atoms with Crippen LogP contribution in [0, 0.1) is 19.8 Å². The van der Waals surface area contributed by atoms with Gasteiger partial charge in [-0.2, -0.15) is 0 Å². The van der Waals surface area contributed by atoms with Crippen molar-refractivity contribution < 1.29 is 4.79 Å². The van der Waals surface area contributed by atoms with Crippen molar-refractivity contribution in [3.8, 4) is 0 Å². The highest BCUT2D eigenvalue weighted by Gasteiger charge is 2.16. The van der Waals surface area contributed by atoms with Crippen molar-refractivity contribution in [2.75, 3.05) is 23.3 Å². The van der Waals surface area contributed by atoms with Gasteiger partial charge in [-0.15, -0.1) is 0 Å². The summed E-state index contributed by atoms with van der Waals surface area (Å²) < 4.78 is 0. The lowest BCUT2D eigenvalue weighted by Crippen LogP contribution is -2.32. The third kappa shape index (κ3) is 3.97. The molecular formula is C21H26N2O. The smallest absolute Gasteiger partial charge is 0.255 e. The number of hydrogen-bond donors (Lipinski definition) is 1. The highest BCUT2D eigenvalue weighted by molar-refractivity contribution is 6.04. The number of benzene rings is 2. The standard InChI is InChI=1S/C21H26N2O/c1-15-8-10-23(11-9-15)20-6-4-19(5-7-20)22-21(24)18-13-16(2)12-17(3)14-18/h4-7,12-15H,8-11H2,1-3H3,(H,22,24). The largest absolute Gasteiger partial charge is 0.372 e. The van der Waals surface area contributed by atoms with Crippen LogP contribution in [0.4, 0.5) is 11.4 Å². The van der Waals surface area contributed by atoms with Crippen LogP contribution < -0.4 is 10.2 Å². The number of piperidine rings is 1. The number of hydrogen-bond acceptors (Lipinski definition) is 2. The molecule has 1 aliphatic heterocycles. The average Bonchev–Trinajstić information content (AvgIpc) is 2.55. The van der Waals surface area contributed by atoms with Gasteiger partial charge in [0.1, 0.15) is 0 Å². The molecule has 3 rings (SSSR count). The topological polar surface area (TPSA) is 32.3 Å². The van der Waals surface area contributed by atoms with Crippen LogP contribution in [0.25, 0.3) is 0 Å². The first kappa shape index (κ1) is 16.6. The van der Waals surface area contributed by atoms with Gasteiger partial charge in [0.15, 0.2) is 0 Å². The molecule has 3 heteroatoms. The number of nitrogens with one attached hydrogen (secondary N) is 1. The van der Waals surface area contributed by atoms with Gasteiger partial charge in [0.05, 0.1) is 0 Å². The summed E-state index contributed by atoms with van der Waals surface area (Å²) in [6.45, 7) is 8.59. The predicted octanol–water partition coefficient (Wildman–Crippen LogP) is 4.79. The number of carbonyl (C=O) groups excluding carboxylic acids is 1. The minimum atomic E-state index is -0.0543. The summed E-state index contributed by atoms with van der Waals surface area (Å²) in [6.07, 6.45) is 2.51. The number of carbonyl (C=O) groups is 1. The molecule has 1 saturated heterocycles. The second kappa shape index (κ2) is 7.08. The van der Waals surface area contributed by atoms with E-state index in [0.29, 0.717) is 5.56 Å². The highest BCUT2D eigenvalue weighted by Crippen LogP contribution is 2.24. The molecule has 0 bridgehead atoms. The molecule has 1 N–H and O–H groups in total. The Bertz CT molecular complexity index is 693. The fourth-order valence-corrected chi connectivity index (χ4v) is 3.33. The molecule has 0 saturated carbocycles. The van der Waals surface area contributed by atoms with E-state index >= 15 is 0 Å². The summed E-state index contributed by atoms with van der Waals surface area (Å²) in [4.78, 5) is 14.8. The van der Waals surface area contributed by atoms with Crippen molar-refractivity contribution in [3.05, 3.63) is 59.2 Å². The van der Waals surface area contributed by atoms with E-state index in [-0.39, 0.29) is 5.91 Å². The Labute approximate surface area is 144 Å². The van der Waals surface area contributed by atoms with E-state index in [4.69, 9.17) is 0 Å². The Morgan fingerprint density at radius 1 is 1.00 bits per heavy atom. The Morgan fingerprint density at radius 2 is 1.58 bits per heavy atom. The number of nitrogens with zero attached hydrogens (tertiary/aromatic N) is 1. The van der Waals surface area contributed by atoms with E-state index in [1.807, 2.05) is 38.1 Å². The summed E-state index contributed by atoms with van der Waals surface area (Å²) in [7, 11) is 0. The van der Waals surface area contributed by atoms with Gasteiger partial charge in [-0.25, -0.2) is 0 Å². The summed E-state index contributed by atoms with van der Waals surface area (Å²) >= 11 is 0. The summed E-state index contributed by atoms with van der Waals surface area (Å²) in [5.41, 5.74) is 5.01. The fourth-order valence-electron chi connectivity index (χ4n) is 3.33. The maximum Gasteiger partial charge on any atom is 0.255 e. The zero-order valence-corrected chi connectivity index (χ0v) is 14.8. The molecule has 2 aromatic rings. The molecule has 0 aromatic heterocycles. The molecule has 0 spiro atoms. The van der Waals surface area contributed by atoms with E-state index in [9.17, 15) is 4.79 Å². The second-order valence-corrected chi connectivity index (χ2v) is 7.05. The Kier molecular flexibility index (Phi) is 4.89. The maximum absolute atomic E-state index is 12.4. The van der Waals surface area contributed by atoms with Crippen molar-refractivity contribution in [1.29, 1.82) is 0 Å². The van der Waals surface area contributed by atoms with Crippen LogP contribution in [0.5, 0.6) is 0 Å². The molecule has 24 heavy (non-hydrogen) atoms. The zero-order valence-electron chi connectivity index (χ0n) is 14.8. The van der Waals surface area contributed by atoms with Crippen molar-refractivity contribution in [1.82, 2.24) is 0 Å². The van der Waals surface area contributed by atoms with E-state index in [0.717, 1.165) is 35.8 Å². The minimum Gasteiger partial charge on any atom is -0.372 e. The van der Waals surface area contributed by atoms with Crippen molar-refractivity contribution in [2.24, 2.45) is 5.92 Å². The molecule has 1 heterocycles. The van der Waals surface area contributed by atoms with Crippen molar-refractivity contribution >= 4 is 17.3 Å². The average molecular weight is 322 g/mol. The lowest BCUT2D eigenvalue weighted by Gasteiger charge is -2.32. The molecule has 2 aromatic carbocycles. The molecule has 3 nitrogen and oxygen atoms in total. The van der Waals surface area contributed by atoms with Gasteiger partial charge >= 0.3 is 0 Å². The Hall–Kier alpha value is -2.29. The zero-order chi connectivity index (χ0) is 17.1. The first-order valence-electron chi connectivity index (χ1n) is 8.76. The normalized spacial score (nSPS) is 15.4. The van der Waals surface area contributed by atoms with Gasteiger partial charge in [0, 0.05) is 30.0 Å². The maximum atomic E-state index is 12.4. The van der Waals surface area contributed by atoms with Gasteiger partial charge in [-0.3, -0.25) is 4.79 Å². The lowest BCUT2D eigenvalue weighted by molar-refractivity contribution is 0.102. The fraction of sp³-hybridized carbons (Fsp3) is 0.381. The highest BCUT2D eigenvalue weighted by atomic mass is 16.1. The summed E-state index contributed by atoms with van der Waals surface area (Å²) in [5, 5.41) is 2.99. The number of amides is 1. The van der Waals surface area contributed by atoms with Gasteiger partial charge in [0.25, 0.3) is 5.91 Å². The predicted molar refractivity (Wildman–Crippen MR) is 101 cm³/mol. The minimum absolute atomic E-state index is 0.0543. The first-order valence-corrected chi connectivity index (χ1v) is 8.76. The van der Waals surface area contributed by atoms with Gasteiger partial charge in [-0.1, -0.05) is 24.1 Å². The van der Waals surface area contributed by atoms with Gasteiger partial charge < -0.3 is 10.2 Å². The van der Waals surface area contributed by atoms with Crippen LogP contribution >= 0.6 is 0 Å². The third-order valence-electron chi connectivity index (χ3n) is 4.76. The van der Waals surface area contributed by atoms with Crippen molar-refractivity contribution in [2.45, 2.75) is 33.6 Å². The third-order valence-corrected chi connectivity index (χ3v) is 4.76. The molecule has 0 aliphatic carbocycles. The molecule has 0 radical (unpaired) electrons. The van der Waals surface area contributed by atoms with Gasteiger partial charge in [0.2, 0.25) is 0 Å². The number of rotatable bonds is 3. The second-order valence-electron chi connectivity index (χ2n) is 7.05. The molecular weight excluding hydrogens is 296 g/mol. The van der Waals surface area contributed by atoms with Crippen LogP contribution in [-0.4, -0.2) is 19.0 Å². The lowest BCUT2D eigenvalue weighted by atomic mass is 9.99. The van der Waals surface area contributed by atoms with Crippen LogP contribution in [0.3, 0.4) is 0 Å². The van der Waals surface area contributed by atoms with E-state index in [1.165, 1.54) is 18.5 Å². The van der Waals surface area contributed by atoms with Gasteiger partial charge in [-0.05, 0) is 69.0 Å². The molecule has 1 amide bonds. The van der Waals surface area contributed by atoms with E-state index in [1.54, 1.807) is 0 Å². The van der Waals surface area contributed by atoms with Crippen LogP contribution in [0.1, 0.15) is 41.3 Å². The summed E-state index contributed by atoms with van der Waals surface area (Å²) in [6, 6.07) is 14.1. The number of aryl methyl sites for hydroxylation is 2. The number of anilines is 2. The molecule has 1 aliphatic rings. The van der Waals surface area contributed by atoms with Crippen LogP contribution in [-0.2, 0) is 0 Å². The Balaban J connectivity index is 1.66. The van der Waals surface area contributed by atoms with E-state index in [2.05, 4.69) is 35.3 Å². The van der Waals surface area contributed by atoms with Crippen LogP contribution in [0.2, 0.25) is 0 Å². The SMILES string of the molecule is Cc1cc(C)cc(C(=O)Nc2ccc(N3CCC(C)CC3)cc2)c1. The summed E-state index contributed by atoms with van der Waals surface area (Å²) in [5.74, 6) is 0.777. The molecule has 0 unspecified atom stereocenters. The molecule has 1 fully saturated rings. The monoisotopic (exact) mass is 322 g/mol. The van der Waals surface area contributed by atoms with Crippen LogP contribution in [0.15, 0.2) is 42.5 Å². The Morgan fingerprint density at radius 3 is 2.17 bits per heavy atom. The van der Waals surface area contributed by atoms with Crippen molar-refractivity contribution in [3.63, 3.8) is 0 Å². The molecule has 0 atom stereocenters. The van der Waals surface area contributed by atoms with E-state index < -0.39 is 0 Å². The quantitative estimate of drug-likeness (QED) is 0.881.